The van der Waals surface area contributed by atoms with Gasteiger partial charge < -0.3 is 15.3 Å². The van der Waals surface area contributed by atoms with E-state index in [2.05, 4.69) is 11.7 Å². The van der Waals surface area contributed by atoms with Gasteiger partial charge >= 0.3 is 0 Å². The molecule has 0 saturated carbocycles. The van der Waals surface area contributed by atoms with Crippen molar-refractivity contribution in [2.75, 3.05) is 13.7 Å². The molecule has 2 aromatic carbocycles. The smallest absolute Gasteiger partial charge is 0.169 e. The number of benzene rings is 2. The molecular formula is C15H16N2O2. The molecule has 0 aliphatic rings. The van der Waals surface area contributed by atoms with E-state index in [1.165, 1.54) is 0 Å². The highest BCUT2D eigenvalue weighted by Gasteiger charge is 2.09. The Hall–Kier alpha value is -2.49. The summed E-state index contributed by atoms with van der Waals surface area (Å²) in [6.45, 7) is 4.08. The van der Waals surface area contributed by atoms with Gasteiger partial charge in [-0.25, -0.2) is 0 Å². The maximum Gasteiger partial charge on any atom is 0.169 e. The molecule has 2 N–H and O–H groups in total. The maximum atomic E-state index is 5.70. The van der Waals surface area contributed by atoms with Gasteiger partial charge in [0.2, 0.25) is 0 Å². The van der Waals surface area contributed by atoms with Gasteiger partial charge in [-0.1, -0.05) is 30.9 Å². The van der Waals surface area contributed by atoms with Gasteiger partial charge in [0, 0.05) is 5.39 Å². The Labute approximate surface area is 112 Å². The zero-order valence-corrected chi connectivity index (χ0v) is 10.8. The molecule has 0 heterocycles. The van der Waals surface area contributed by atoms with E-state index < -0.39 is 0 Å². The first kappa shape index (κ1) is 13.0. The largest absolute Gasteiger partial charge is 0.493 e. The minimum atomic E-state index is 0.421. The second-order valence-electron chi connectivity index (χ2n) is 3.96. The highest BCUT2D eigenvalue weighted by atomic mass is 16.5. The van der Waals surface area contributed by atoms with Crippen LogP contribution in [-0.2, 0) is 0 Å². The van der Waals surface area contributed by atoms with Crippen molar-refractivity contribution in [3.63, 3.8) is 0 Å². The van der Waals surface area contributed by atoms with Crippen LogP contribution in [0.1, 0.15) is 5.56 Å². The molecule has 0 saturated heterocycles. The Bertz CT molecular complexity index is 621. The van der Waals surface area contributed by atoms with Gasteiger partial charge in [-0.2, -0.15) is 5.10 Å². The molecule has 4 nitrogen and oxygen atoms in total. The number of methoxy groups -OCH3 is 1. The van der Waals surface area contributed by atoms with Crippen LogP contribution >= 0.6 is 0 Å². The minimum absolute atomic E-state index is 0.421. The van der Waals surface area contributed by atoms with Gasteiger partial charge in [-0.05, 0) is 23.1 Å². The fourth-order valence-electron chi connectivity index (χ4n) is 1.91. The normalized spacial score (nSPS) is 10.8. The predicted octanol–water partition coefficient (Wildman–Crippen LogP) is 2.71. The van der Waals surface area contributed by atoms with E-state index in [0.29, 0.717) is 18.1 Å². The molecule has 0 atom stereocenters. The summed E-state index contributed by atoms with van der Waals surface area (Å²) in [6, 6.07) is 9.78. The Morgan fingerprint density at radius 1 is 1.32 bits per heavy atom. The van der Waals surface area contributed by atoms with E-state index in [1.807, 2.05) is 30.3 Å². The van der Waals surface area contributed by atoms with Crippen LogP contribution in [0.4, 0.5) is 0 Å². The van der Waals surface area contributed by atoms with Crippen LogP contribution < -0.4 is 15.3 Å². The van der Waals surface area contributed by atoms with E-state index >= 15 is 0 Å². The molecule has 19 heavy (non-hydrogen) atoms. The zero-order valence-electron chi connectivity index (χ0n) is 10.8. The van der Waals surface area contributed by atoms with Crippen LogP contribution in [0, 0.1) is 0 Å². The Kier molecular flexibility index (Phi) is 4.03. The van der Waals surface area contributed by atoms with E-state index in [0.717, 1.165) is 16.3 Å². The third-order valence-electron chi connectivity index (χ3n) is 2.75. The standard InChI is InChI=1S/C15H16N2O2/c1-3-8-19-15-13-9-11(10-17-16)4-5-12(13)6-7-14(15)18-2/h3-7,9-10H,1,8,16H2,2H3. The van der Waals surface area contributed by atoms with Crippen molar-refractivity contribution in [2.24, 2.45) is 10.9 Å². The summed E-state index contributed by atoms with van der Waals surface area (Å²) in [4.78, 5) is 0. The molecule has 0 unspecified atom stereocenters. The number of hydrogen-bond donors (Lipinski definition) is 1. The predicted molar refractivity (Wildman–Crippen MR) is 78.0 cm³/mol. The van der Waals surface area contributed by atoms with Crippen LogP contribution in [0.3, 0.4) is 0 Å². The van der Waals surface area contributed by atoms with Crippen LogP contribution in [-0.4, -0.2) is 19.9 Å². The molecule has 4 heteroatoms. The van der Waals surface area contributed by atoms with Crippen molar-refractivity contribution in [1.29, 1.82) is 0 Å². The number of ether oxygens (including phenoxy) is 2. The van der Waals surface area contributed by atoms with E-state index in [9.17, 15) is 0 Å². The third-order valence-corrected chi connectivity index (χ3v) is 2.75. The Balaban J connectivity index is 2.62. The first-order valence-electron chi connectivity index (χ1n) is 5.88. The van der Waals surface area contributed by atoms with Crippen LogP contribution in [0.2, 0.25) is 0 Å². The van der Waals surface area contributed by atoms with E-state index in [-0.39, 0.29) is 0 Å². The second-order valence-corrected chi connectivity index (χ2v) is 3.96. The topological polar surface area (TPSA) is 56.8 Å². The highest BCUT2D eigenvalue weighted by molar-refractivity contribution is 5.95. The minimum Gasteiger partial charge on any atom is -0.493 e. The molecule has 0 fully saturated rings. The first-order valence-corrected chi connectivity index (χ1v) is 5.88. The molecule has 0 bridgehead atoms. The average Bonchev–Trinajstić information content (AvgIpc) is 2.45. The molecule has 0 aromatic heterocycles. The van der Waals surface area contributed by atoms with Crippen molar-refractivity contribution in [1.82, 2.24) is 0 Å². The van der Waals surface area contributed by atoms with E-state index in [1.54, 1.807) is 19.4 Å². The Morgan fingerprint density at radius 2 is 2.11 bits per heavy atom. The van der Waals surface area contributed by atoms with Gasteiger partial charge in [-0.15, -0.1) is 0 Å². The van der Waals surface area contributed by atoms with Crippen molar-refractivity contribution in [3.05, 3.63) is 48.6 Å². The van der Waals surface area contributed by atoms with Crippen LogP contribution in [0.5, 0.6) is 11.5 Å². The summed E-state index contributed by atoms with van der Waals surface area (Å²) in [5.41, 5.74) is 0.909. The number of nitrogens with zero attached hydrogens (tertiary/aromatic N) is 1. The summed E-state index contributed by atoms with van der Waals surface area (Å²) in [6.07, 6.45) is 3.29. The van der Waals surface area contributed by atoms with Crippen molar-refractivity contribution in [2.45, 2.75) is 0 Å². The molecule has 0 spiro atoms. The zero-order chi connectivity index (χ0) is 13.7. The molecular weight excluding hydrogens is 240 g/mol. The van der Waals surface area contributed by atoms with Gasteiger partial charge in [-0.3, -0.25) is 0 Å². The van der Waals surface area contributed by atoms with Gasteiger partial charge in [0.25, 0.3) is 0 Å². The van der Waals surface area contributed by atoms with Crippen molar-refractivity contribution < 1.29 is 9.47 Å². The molecule has 0 aliphatic carbocycles. The highest BCUT2D eigenvalue weighted by Crippen LogP contribution is 2.35. The van der Waals surface area contributed by atoms with Gasteiger partial charge in [0.1, 0.15) is 6.61 Å². The average molecular weight is 256 g/mol. The van der Waals surface area contributed by atoms with E-state index in [4.69, 9.17) is 15.3 Å². The van der Waals surface area contributed by atoms with Crippen LogP contribution in [0.15, 0.2) is 48.1 Å². The number of nitrogens with two attached hydrogens (primary N) is 1. The Morgan fingerprint density at radius 3 is 2.79 bits per heavy atom. The lowest BCUT2D eigenvalue weighted by atomic mass is 10.1. The summed E-state index contributed by atoms with van der Waals surface area (Å²) >= 11 is 0. The summed E-state index contributed by atoms with van der Waals surface area (Å²) < 4.78 is 11.0. The molecule has 2 aromatic rings. The summed E-state index contributed by atoms with van der Waals surface area (Å²) in [5.74, 6) is 6.57. The first-order chi connectivity index (χ1) is 9.30. The number of hydrogen-bond acceptors (Lipinski definition) is 4. The monoisotopic (exact) mass is 256 g/mol. The lowest BCUT2D eigenvalue weighted by Crippen LogP contribution is -1.97. The van der Waals surface area contributed by atoms with Crippen molar-refractivity contribution in [3.8, 4) is 11.5 Å². The van der Waals surface area contributed by atoms with Gasteiger partial charge in [0.15, 0.2) is 11.5 Å². The van der Waals surface area contributed by atoms with Crippen molar-refractivity contribution >= 4 is 17.0 Å². The fourth-order valence-corrected chi connectivity index (χ4v) is 1.91. The fraction of sp³-hybridized carbons (Fsp3) is 0.133. The summed E-state index contributed by atoms with van der Waals surface area (Å²) in [5, 5.41) is 5.55. The lowest BCUT2D eigenvalue weighted by molar-refractivity contribution is 0.330. The summed E-state index contributed by atoms with van der Waals surface area (Å²) in [7, 11) is 1.62. The SMILES string of the molecule is C=CCOc1c(OC)ccc2ccc(C=NN)cc12. The maximum absolute atomic E-state index is 5.70. The molecule has 2 rings (SSSR count). The number of hydrazone groups is 1. The number of rotatable bonds is 5. The molecule has 0 radical (unpaired) electrons. The quantitative estimate of drug-likeness (QED) is 0.387. The second kappa shape index (κ2) is 5.91. The van der Waals surface area contributed by atoms with Crippen LogP contribution in [0.25, 0.3) is 10.8 Å². The molecule has 0 amide bonds. The number of fused-ring (bicyclic) bond motifs is 1. The molecule has 0 aliphatic heterocycles. The third kappa shape index (κ3) is 2.68. The lowest BCUT2D eigenvalue weighted by Gasteiger charge is -2.12. The molecule has 98 valence electrons. The van der Waals surface area contributed by atoms with Gasteiger partial charge in [0.05, 0.1) is 13.3 Å².